The van der Waals surface area contributed by atoms with Crippen molar-refractivity contribution in [2.45, 2.75) is 45.2 Å². The zero-order chi connectivity index (χ0) is 12.5. The van der Waals surface area contributed by atoms with E-state index in [1.807, 2.05) is 6.07 Å². The molecule has 3 rings (SSSR count). The van der Waals surface area contributed by atoms with Crippen LogP contribution in [0.1, 0.15) is 37.5 Å². The van der Waals surface area contributed by atoms with Gasteiger partial charge in [-0.3, -0.25) is 0 Å². The molecule has 1 heterocycles. The monoisotopic (exact) mass is 247 g/mol. The highest BCUT2D eigenvalue weighted by Gasteiger charge is 2.22. The molecule has 0 amide bonds. The van der Waals surface area contributed by atoms with Crippen LogP contribution in [0.3, 0.4) is 0 Å². The van der Waals surface area contributed by atoms with Crippen LogP contribution in [0, 0.1) is 5.82 Å². The fraction of sp³-hybridized carbons (Fsp3) is 0.467. The van der Waals surface area contributed by atoms with Gasteiger partial charge in [-0.1, -0.05) is 25.5 Å². The summed E-state index contributed by atoms with van der Waals surface area (Å²) in [7, 11) is 0. The number of benzene rings is 1. The van der Waals surface area contributed by atoms with Crippen LogP contribution >= 0.6 is 0 Å². The number of hydrogen-bond acceptors (Lipinski definition) is 2. The number of fused-ring (bicyclic) bond motifs is 1. The number of para-hydroxylation sites is 1. The molecule has 1 saturated carbocycles. The molecule has 2 aromatic rings. The lowest BCUT2D eigenvalue weighted by Gasteiger charge is -2.02. The van der Waals surface area contributed by atoms with Crippen LogP contribution in [0.2, 0.25) is 0 Å². The van der Waals surface area contributed by atoms with Crippen molar-refractivity contribution in [3.63, 3.8) is 0 Å². The maximum Gasteiger partial charge on any atom is 0.170 e. The van der Waals surface area contributed by atoms with Crippen molar-refractivity contribution in [2.24, 2.45) is 0 Å². The molecule has 3 heteroatoms. The Morgan fingerprint density at radius 2 is 2.22 bits per heavy atom. The second-order valence-electron chi connectivity index (χ2n) is 5.03. The third kappa shape index (κ3) is 2.15. The van der Waals surface area contributed by atoms with Crippen molar-refractivity contribution in [3.8, 4) is 0 Å². The van der Waals surface area contributed by atoms with E-state index in [-0.39, 0.29) is 5.82 Å². The predicted octanol–water partition coefficient (Wildman–Crippen LogP) is 3.78. The van der Waals surface area contributed by atoms with Gasteiger partial charge in [0.1, 0.15) is 5.76 Å². The first kappa shape index (κ1) is 11.7. The van der Waals surface area contributed by atoms with Crippen molar-refractivity contribution >= 4 is 11.0 Å². The molecule has 0 spiro atoms. The van der Waals surface area contributed by atoms with E-state index in [1.165, 1.54) is 24.5 Å². The standard InChI is InChI=1S/C15H18FNO/c1-2-4-11-12-5-3-6-13(16)15(12)18-14(11)9-17-10-7-8-10/h3,5-6,10,17H,2,4,7-9H2,1H3. The molecule has 0 bridgehead atoms. The van der Waals surface area contributed by atoms with Gasteiger partial charge in [0.15, 0.2) is 11.4 Å². The van der Waals surface area contributed by atoms with Crippen LogP contribution < -0.4 is 5.32 Å². The summed E-state index contributed by atoms with van der Waals surface area (Å²) >= 11 is 0. The number of aryl methyl sites for hydroxylation is 1. The van der Waals surface area contributed by atoms with E-state index in [0.717, 1.165) is 24.0 Å². The lowest BCUT2D eigenvalue weighted by molar-refractivity contribution is 0.489. The molecule has 1 aromatic heterocycles. The Morgan fingerprint density at radius 3 is 2.94 bits per heavy atom. The van der Waals surface area contributed by atoms with Gasteiger partial charge in [0.05, 0.1) is 6.54 Å². The zero-order valence-electron chi connectivity index (χ0n) is 10.6. The topological polar surface area (TPSA) is 25.2 Å². The highest BCUT2D eigenvalue weighted by atomic mass is 19.1. The average Bonchev–Trinajstić information content (AvgIpc) is 3.12. The summed E-state index contributed by atoms with van der Waals surface area (Å²) in [6.07, 6.45) is 4.48. The number of nitrogens with one attached hydrogen (secondary N) is 1. The van der Waals surface area contributed by atoms with Gasteiger partial charge < -0.3 is 9.73 Å². The maximum absolute atomic E-state index is 13.7. The van der Waals surface area contributed by atoms with Gasteiger partial charge in [-0.05, 0) is 25.3 Å². The zero-order valence-corrected chi connectivity index (χ0v) is 10.6. The summed E-state index contributed by atoms with van der Waals surface area (Å²) in [5.41, 5.74) is 1.58. The van der Waals surface area contributed by atoms with Crippen LogP contribution in [-0.4, -0.2) is 6.04 Å². The molecule has 2 nitrogen and oxygen atoms in total. The Hall–Kier alpha value is -1.35. The molecule has 96 valence electrons. The van der Waals surface area contributed by atoms with Gasteiger partial charge in [0.25, 0.3) is 0 Å². The van der Waals surface area contributed by atoms with Crippen molar-refractivity contribution < 1.29 is 8.81 Å². The fourth-order valence-electron chi connectivity index (χ4n) is 2.38. The average molecular weight is 247 g/mol. The minimum absolute atomic E-state index is 0.262. The smallest absolute Gasteiger partial charge is 0.170 e. The molecule has 1 N–H and O–H groups in total. The van der Waals surface area contributed by atoms with E-state index < -0.39 is 0 Å². The Bertz CT molecular complexity index is 557. The van der Waals surface area contributed by atoms with Crippen molar-refractivity contribution in [2.75, 3.05) is 0 Å². The Balaban J connectivity index is 1.98. The second-order valence-corrected chi connectivity index (χ2v) is 5.03. The molecule has 1 aromatic carbocycles. The van der Waals surface area contributed by atoms with Crippen molar-refractivity contribution in [1.29, 1.82) is 0 Å². The molecule has 0 saturated heterocycles. The summed E-state index contributed by atoms with van der Waals surface area (Å²) in [5.74, 6) is 0.645. The van der Waals surface area contributed by atoms with Gasteiger partial charge >= 0.3 is 0 Å². The lowest BCUT2D eigenvalue weighted by Crippen LogP contribution is -2.15. The molecule has 1 aliphatic rings. The molecule has 0 radical (unpaired) electrons. The van der Waals surface area contributed by atoms with Gasteiger partial charge in [-0.2, -0.15) is 0 Å². The van der Waals surface area contributed by atoms with E-state index in [2.05, 4.69) is 12.2 Å². The molecule has 1 fully saturated rings. The summed E-state index contributed by atoms with van der Waals surface area (Å²) in [6.45, 7) is 2.85. The lowest BCUT2D eigenvalue weighted by atomic mass is 10.1. The van der Waals surface area contributed by atoms with Gasteiger partial charge in [0, 0.05) is 17.0 Å². The minimum Gasteiger partial charge on any atom is -0.456 e. The molecular weight excluding hydrogens is 229 g/mol. The molecular formula is C15H18FNO. The third-order valence-electron chi connectivity index (χ3n) is 3.48. The Labute approximate surface area is 106 Å². The van der Waals surface area contributed by atoms with E-state index in [1.54, 1.807) is 6.07 Å². The number of hydrogen-bond donors (Lipinski definition) is 1. The number of rotatable bonds is 5. The van der Waals surface area contributed by atoms with Crippen molar-refractivity contribution in [3.05, 3.63) is 35.3 Å². The normalized spacial score (nSPS) is 15.4. The molecule has 0 atom stereocenters. The predicted molar refractivity (Wildman–Crippen MR) is 70.0 cm³/mol. The summed E-state index contributed by atoms with van der Waals surface area (Å²) in [5, 5.41) is 4.37. The summed E-state index contributed by atoms with van der Waals surface area (Å²) < 4.78 is 19.4. The Kier molecular flexibility index (Phi) is 3.08. The van der Waals surface area contributed by atoms with Gasteiger partial charge in [0.2, 0.25) is 0 Å². The molecule has 0 aliphatic heterocycles. The number of furan rings is 1. The minimum atomic E-state index is -0.262. The number of halogens is 1. The van der Waals surface area contributed by atoms with Crippen molar-refractivity contribution in [1.82, 2.24) is 5.32 Å². The first-order chi connectivity index (χ1) is 8.79. The van der Waals surface area contributed by atoms with Crippen LogP contribution in [0.4, 0.5) is 4.39 Å². The second kappa shape index (κ2) is 4.73. The fourth-order valence-corrected chi connectivity index (χ4v) is 2.38. The van der Waals surface area contributed by atoms with E-state index in [4.69, 9.17) is 4.42 Å². The summed E-state index contributed by atoms with van der Waals surface area (Å²) in [4.78, 5) is 0. The first-order valence-corrected chi connectivity index (χ1v) is 6.71. The molecule has 0 unspecified atom stereocenters. The molecule has 18 heavy (non-hydrogen) atoms. The van der Waals surface area contributed by atoms with Crippen LogP contribution in [-0.2, 0) is 13.0 Å². The first-order valence-electron chi connectivity index (χ1n) is 6.71. The van der Waals surface area contributed by atoms with Crippen LogP contribution in [0.25, 0.3) is 11.0 Å². The Morgan fingerprint density at radius 1 is 1.39 bits per heavy atom. The van der Waals surface area contributed by atoms with Gasteiger partial charge in [-0.15, -0.1) is 0 Å². The van der Waals surface area contributed by atoms with E-state index in [0.29, 0.717) is 18.2 Å². The van der Waals surface area contributed by atoms with Crippen LogP contribution in [0.5, 0.6) is 0 Å². The third-order valence-corrected chi connectivity index (χ3v) is 3.48. The SMILES string of the molecule is CCCc1c(CNC2CC2)oc2c(F)cccc12. The molecule has 1 aliphatic carbocycles. The van der Waals surface area contributed by atoms with E-state index in [9.17, 15) is 4.39 Å². The quantitative estimate of drug-likeness (QED) is 0.870. The van der Waals surface area contributed by atoms with Crippen LogP contribution in [0.15, 0.2) is 22.6 Å². The van der Waals surface area contributed by atoms with E-state index >= 15 is 0 Å². The van der Waals surface area contributed by atoms with Gasteiger partial charge in [-0.25, -0.2) is 4.39 Å². The summed E-state index contributed by atoms with van der Waals surface area (Å²) in [6, 6.07) is 5.80. The highest BCUT2D eigenvalue weighted by molar-refractivity contribution is 5.82. The largest absolute Gasteiger partial charge is 0.456 e. The maximum atomic E-state index is 13.7. The highest BCUT2D eigenvalue weighted by Crippen LogP contribution is 2.30.